The van der Waals surface area contributed by atoms with E-state index in [-0.39, 0.29) is 31.6 Å². The van der Waals surface area contributed by atoms with Crippen LogP contribution in [0.2, 0.25) is 5.02 Å². The number of rotatable bonds is 9. The highest BCUT2D eigenvalue weighted by atomic mass is 35.5. The second-order valence-electron chi connectivity index (χ2n) is 10.6. The van der Waals surface area contributed by atoms with Crippen LogP contribution in [0.3, 0.4) is 0 Å². The lowest BCUT2D eigenvalue weighted by Crippen LogP contribution is -2.50. The third kappa shape index (κ3) is 8.63. The average molecular weight is 567 g/mol. The van der Waals surface area contributed by atoms with Crippen LogP contribution in [0.5, 0.6) is 0 Å². The van der Waals surface area contributed by atoms with Crippen molar-refractivity contribution in [2.45, 2.75) is 69.4 Å². The molecule has 0 aliphatic carbocycles. The van der Waals surface area contributed by atoms with Crippen molar-refractivity contribution >= 4 is 30.7 Å². The van der Waals surface area contributed by atoms with E-state index in [9.17, 15) is 33.7 Å². The van der Waals surface area contributed by atoms with Gasteiger partial charge in [0.05, 0.1) is 18.5 Å². The van der Waals surface area contributed by atoms with E-state index >= 15 is 0 Å². The Balaban J connectivity index is 1.62. The van der Waals surface area contributed by atoms with Crippen molar-refractivity contribution in [2.75, 3.05) is 26.2 Å². The summed E-state index contributed by atoms with van der Waals surface area (Å²) in [6.07, 6.45) is 2.42. The molecule has 2 heterocycles. The summed E-state index contributed by atoms with van der Waals surface area (Å²) in [4.78, 5) is 28.9. The molecule has 212 valence electrons. The van der Waals surface area contributed by atoms with Crippen molar-refractivity contribution < 1.29 is 33.2 Å². The maximum atomic E-state index is 13.8. The number of alkyl carbamates (subject to hydrolysis) is 1. The van der Waals surface area contributed by atoms with E-state index in [4.69, 9.17) is 16.3 Å². The Bertz CT molecular complexity index is 1100. The molecule has 1 aromatic carbocycles. The fraction of sp³-hybridized carbons (Fsp3) is 0.577. The molecule has 2 atom stereocenters. The van der Waals surface area contributed by atoms with Crippen molar-refractivity contribution in [2.24, 2.45) is 0 Å². The van der Waals surface area contributed by atoms with Crippen LogP contribution in [-0.2, 0) is 16.0 Å². The minimum Gasteiger partial charge on any atom is -0.447 e. The Morgan fingerprint density at radius 2 is 2.00 bits per heavy atom. The molecule has 2 fully saturated rings. The van der Waals surface area contributed by atoms with Crippen LogP contribution in [0.15, 0.2) is 35.9 Å². The van der Waals surface area contributed by atoms with Crippen LogP contribution in [0, 0.1) is 11.3 Å². The summed E-state index contributed by atoms with van der Waals surface area (Å²) in [5, 5.41) is 32.1. The normalized spacial score (nSPS) is 20.7. The first-order chi connectivity index (χ1) is 18.3. The molecule has 2 amide bonds. The van der Waals surface area contributed by atoms with Gasteiger partial charge in [0.1, 0.15) is 18.2 Å². The summed E-state index contributed by atoms with van der Waals surface area (Å²) in [6, 6.07) is 8.12. The number of alkyl halides is 2. The molecule has 2 aliphatic heterocycles. The Morgan fingerprint density at radius 1 is 1.31 bits per heavy atom. The molecular formula is C26H34BClF2N4O5. The van der Waals surface area contributed by atoms with Crippen LogP contribution >= 0.6 is 11.6 Å². The molecule has 1 aromatic rings. The molecule has 0 saturated carbocycles. The van der Waals surface area contributed by atoms with Gasteiger partial charge in [-0.25, -0.2) is 13.6 Å². The first kappa shape index (κ1) is 30.8. The SMILES string of the molecule is CC(C)(/C=C(\C#N)C(=O)N1CCCC[C@@H]1COC(=O)N[C@@H](Cc1ccc(Cl)cc1)B(O)O)N1CCC(F)(F)C1. The number of amides is 2. The average Bonchev–Trinajstić information content (AvgIpc) is 3.27. The lowest BCUT2D eigenvalue weighted by molar-refractivity contribution is -0.131. The maximum absolute atomic E-state index is 13.8. The Kier molecular flexibility index (Phi) is 10.3. The number of ether oxygens (including phenoxy) is 1. The molecule has 2 aliphatic rings. The van der Waals surface area contributed by atoms with E-state index in [0.29, 0.717) is 24.4 Å². The van der Waals surface area contributed by atoms with Gasteiger partial charge in [0.2, 0.25) is 0 Å². The highest BCUT2D eigenvalue weighted by Crippen LogP contribution is 2.33. The monoisotopic (exact) mass is 566 g/mol. The Labute approximate surface area is 232 Å². The predicted molar refractivity (Wildman–Crippen MR) is 142 cm³/mol. The van der Waals surface area contributed by atoms with Gasteiger partial charge in [-0.1, -0.05) is 23.7 Å². The zero-order valence-corrected chi connectivity index (χ0v) is 22.8. The number of halogens is 3. The van der Waals surface area contributed by atoms with Gasteiger partial charge in [0.15, 0.2) is 0 Å². The standard InChI is InChI=1S/C26H34BClF2N4O5/c1-25(2,33-12-10-26(29,30)17-33)14-19(15-31)23(35)34-11-4-3-5-21(34)16-39-24(36)32-22(27(37)38)13-18-6-8-20(28)9-7-18/h6-9,14,21-22,37-38H,3-5,10-13,16-17H2,1-2H3,(H,32,36)/b19-14+/t21-,22+/m1/s1. The number of hydrogen-bond acceptors (Lipinski definition) is 7. The zero-order valence-electron chi connectivity index (χ0n) is 22.1. The summed E-state index contributed by atoms with van der Waals surface area (Å²) < 4.78 is 32.9. The topological polar surface area (TPSA) is 126 Å². The van der Waals surface area contributed by atoms with Gasteiger partial charge in [-0.2, -0.15) is 5.26 Å². The van der Waals surface area contributed by atoms with Crippen LogP contribution in [0.4, 0.5) is 13.6 Å². The molecule has 39 heavy (non-hydrogen) atoms. The summed E-state index contributed by atoms with van der Waals surface area (Å²) in [5.74, 6) is -4.40. The molecule has 0 unspecified atom stereocenters. The molecule has 2 saturated heterocycles. The Morgan fingerprint density at radius 3 is 2.59 bits per heavy atom. The van der Waals surface area contributed by atoms with Crippen molar-refractivity contribution in [3.8, 4) is 6.07 Å². The largest absolute Gasteiger partial charge is 0.475 e. The molecule has 3 N–H and O–H groups in total. The third-order valence-electron chi connectivity index (χ3n) is 7.16. The highest BCUT2D eigenvalue weighted by molar-refractivity contribution is 6.43. The highest BCUT2D eigenvalue weighted by Gasteiger charge is 2.43. The van der Waals surface area contributed by atoms with E-state index in [2.05, 4.69) is 5.32 Å². The number of likely N-dealkylation sites (tertiary alicyclic amines) is 2. The number of carbonyl (C=O) groups is 2. The van der Waals surface area contributed by atoms with Crippen molar-refractivity contribution in [3.63, 3.8) is 0 Å². The lowest BCUT2D eigenvalue weighted by Gasteiger charge is -2.36. The van der Waals surface area contributed by atoms with Crippen molar-refractivity contribution in [1.82, 2.24) is 15.1 Å². The quantitative estimate of drug-likeness (QED) is 0.238. The third-order valence-corrected chi connectivity index (χ3v) is 7.41. The summed E-state index contributed by atoms with van der Waals surface area (Å²) in [5.41, 5.74) is -0.372. The van der Waals surface area contributed by atoms with Crippen molar-refractivity contribution in [3.05, 3.63) is 46.5 Å². The van der Waals surface area contributed by atoms with Gasteiger partial charge in [-0.05, 0) is 63.3 Å². The molecule has 0 bridgehead atoms. The number of nitriles is 1. The summed E-state index contributed by atoms with van der Waals surface area (Å²) in [6.45, 7) is 3.28. The second kappa shape index (κ2) is 13.1. The van der Waals surface area contributed by atoms with Crippen molar-refractivity contribution in [1.29, 1.82) is 5.26 Å². The number of nitrogens with zero attached hydrogens (tertiary/aromatic N) is 3. The summed E-state index contributed by atoms with van der Waals surface area (Å²) in [7, 11) is -1.84. The van der Waals surface area contributed by atoms with Gasteiger partial charge in [-0.3, -0.25) is 9.69 Å². The van der Waals surface area contributed by atoms with E-state index in [1.807, 2.05) is 6.07 Å². The molecule has 0 aromatic heterocycles. The molecular weight excluding hydrogens is 533 g/mol. The molecule has 0 radical (unpaired) electrons. The zero-order chi connectivity index (χ0) is 28.8. The minimum absolute atomic E-state index is 0.118. The van der Waals surface area contributed by atoms with Gasteiger partial charge in [-0.15, -0.1) is 0 Å². The smallest absolute Gasteiger partial charge is 0.447 e. The number of hydrogen-bond donors (Lipinski definition) is 3. The van der Waals surface area contributed by atoms with Crippen LogP contribution in [0.1, 0.15) is 45.1 Å². The maximum Gasteiger partial charge on any atom is 0.475 e. The van der Waals surface area contributed by atoms with E-state index < -0.39 is 49.1 Å². The van der Waals surface area contributed by atoms with E-state index in [1.54, 1.807) is 43.0 Å². The Hall–Kier alpha value is -2.72. The number of carbonyl (C=O) groups excluding carboxylic acids is 2. The second-order valence-corrected chi connectivity index (χ2v) is 11.0. The summed E-state index contributed by atoms with van der Waals surface area (Å²) >= 11 is 5.88. The molecule has 0 spiro atoms. The van der Waals surface area contributed by atoms with Gasteiger partial charge in [0, 0.05) is 30.1 Å². The van der Waals surface area contributed by atoms with E-state index in [1.165, 1.54) is 11.0 Å². The number of piperidine rings is 1. The van der Waals surface area contributed by atoms with Crippen LogP contribution < -0.4 is 5.32 Å². The van der Waals surface area contributed by atoms with Crippen LogP contribution in [-0.4, -0.2) is 88.7 Å². The first-order valence-electron chi connectivity index (χ1n) is 12.9. The minimum atomic E-state index is -2.81. The van der Waals surface area contributed by atoms with E-state index in [0.717, 1.165) is 12.0 Å². The fourth-order valence-electron chi connectivity index (χ4n) is 4.88. The number of nitrogens with one attached hydrogen (secondary N) is 1. The van der Waals surface area contributed by atoms with Gasteiger partial charge < -0.3 is 25.0 Å². The molecule has 3 rings (SSSR count). The predicted octanol–water partition coefficient (Wildman–Crippen LogP) is 2.94. The fourth-order valence-corrected chi connectivity index (χ4v) is 5.01. The number of benzene rings is 1. The molecule has 9 nitrogen and oxygen atoms in total. The van der Waals surface area contributed by atoms with Crippen LogP contribution in [0.25, 0.3) is 0 Å². The first-order valence-corrected chi connectivity index (χ1v) is 13.3. The van der Waals surface area contributed by atoms with Gasteiger partial charge in [0.25, 0.3) is 11.8 Å². The lowest BCUT2D eigenvalue weighted by atomic mass is 9.76. The molecule has 13 heteroatoms. The van der Waals surface area contributed by atoms with Gasteiger partial charge >= 0.3 is 13.2 Å².